The van der Waals surface area contributed by atoms with E-state index >= 15 is 0 Å². The Morgan fingerprint density at radius 2 is 1.58 bits per heavy atom. The fourth-order valence-electron chi connectivity index (χ4n) is 2.04. The van der Waals surface area contributed by atoms with Crippen LogP contribution in [0.4, 0.5) is 0 Å². The van der Waals surface area contributed by atoms with E-state index < -0.39 is 5.97 Å². The number of hydrogen-bond acceptors (Lipinski definition) is 3. The van der Waals surface area contributed by atoms with Crippen LogP contribution in [0.2, 0.25) is 0 Å². The largest absolute Gasteiger partial charge is 0.481 e. The van der Waals surface area contributed by atoms with Crippen LogP contribution in [0.1, 0.15) is 71.1 Å². The van der Waals surface area contributed by atoms with E-state index in [4.69, 9.17) is 10.4 Å². The molecular formula is C20H32O4. The van der Waals surface area contributed by atoms with E-state index in [1.807, 2.05) is 36.5 Å². The summed E-state index contributed by atoms with van der Waals surface area (Å²) in [6.45, 7) is 2.19. The standard InChI is InChI=1S/C20H32O4/c1-2-3-4-5-10-13-16-19(24-23)17-14-11-8-6-7-9-12-15-18-20(21)22/h7-11,13,17,23H,2-6,12,14-16,18H2,1H3,(H,21,22)/b9-7+,11-8+,13-10+,19-17-. The Kier molecular flexibility index (Phi) is 16.2. The molecule has 136 valence electrons. The molecule has 0 aliphatic heterocycles. The maximum absolute atomic E-state index is 10.3. The molecule has 0 saturated heterocycles. The number of carbonyl (C=O) groups is 1. The summed E-state index contributed by atoms with van der Waals surface area (Å²) in [6, 6.07) is 0. The molecule has 0 heterocycles. The van der Waals surface area contributed by atoms with Gasteiger partial charge in [0.25, 0.3) is 0 Å². The molecule has 0 amide bonds. The summed E-state index contributed by atoms with van der Waals surface area (Å²) in [4.78, 5) is 14.7. The lowest BCUT2D eigenvalue weighted by molar-refractivity contribution is -0.204. The van der Waals surface area contributed by atoms with Crippen LogP contribution in [0.25, 0.3) is 0 Å². The molecular weight excluding hydrogens is 304 g/mol. The third-order valence-corrected chi connectivity index (χ3v) is 3.43. The fourth-order valence-corrected chi connectivity index (χ4v) is 2.04. The van der Waals surface area contributed by atoms with E-state index in [-0.39, 0.29) is 6.42 Å². The molecule has 0 fully saturated rings. The summed E-state index contributed by atoms with van der Waals surface area (Å²) in [5.74, 6) is -0.177. The van der Waals surface area contributed by atoms with Crippen molar-refractivity contribution in [3.8, 4) is 0 Å². The minimum atomic E-state index is -0.743. The van der Waals surface area contributed by atoms with Gasteiger partial charge in [-0.3, -0.25) is 4.79 Å². The lowest BCUT2D eigenvalue weighted by Gasteiger charge is -1.99. The Balaban J connectivity index is 3.79. The van der Waals surface area contributed by atoms with Gasteiger partial charge in [0.2, 0.25) is 0 Å². The van der Waals surface area contributed by atoms with Crippen molar-refractivity contribution in [3.05, 3.63) is 48.3 Å². The molecule has 0 atom stereocenters. The average molecular weight is 336 g/mol. The van der Waals surface area contributed by atoms with Crippen molar-refractivity contribution >= 4 is 5.97 Å². The molecule has 0 bridgehead atoms. The summed E-state index contributed by atoms with van der Waals surface area (Å²) in [5.41, 5.74) is 0. The first kappa shape index (κ1) is 22.2. The van der Waals surface area contributed by atoms with Crippen molar-refractivity contribution in [2.24, 2.45) is 0 Å². The molecule has 0 aromatic rings. The SMILES string of the molecule is CCCCC/C=C/C/C(=C/C/C=C/C/C=C/CCCC(=O)O)OO. The second-order valence-corrected chi connectivity index (χ2v) is 5.63. The van der Waals surface area contributed by atoms with Gasteiger partial charge in [-0.05, 0) is 44.6 Å². The highest BCUT2D eigenvalue weighted by atomic mass is 17.1. The molecule has 0 aliphatic rings. The lowest BCUT2D eigenvalue weighted by Crippen LogP contribution is -1.92. The summed E-state index contributed by atoms with van der Waals surface area (Å²) in [5, 5.41) is 17.4. The van der Waals surface area contributed by atoms with Gasteiger partial charge < -0.3 is 9.99 Å². The first-order valence-electron chi connectivity index (χ1n) is 8.88. The van der Waals surface area contributed by atoms with Gasteiger partial charge in [0.15, 0.2) is 0 Å². The lowest BCUT2D eigenvalue weighted by atomic mass is 10.2. The zero-order valence-corrected chi connectivity index (χ0v) is 14.8. The van der Waals surface area contributed by atoms with Crippen LogP contribution < -0.4 is 0 Å². The molecule has 2 N–H and O–H groups in total. The number of carboxylic acids is 1. The first-order valence-corrected chi connectivity index (χ1v) is 8.88. The molecule has 0 aromatic carbocycles. The van der Waals surface area contributed by atoms with E-state index in [9.17, 15) is 4.79 Å². The van der Waals surface area contributed by atoms with Crippen molar-refractivity contribution in [3.63, 3.8) is 0 Å². The third-order valence-electron chi connectivity index (χ3n) is 3.43. The quantitative estimate of drug-likeness (QED) is 0.126. The van der Waals surface area contributed by atoms with E-state index in [1.54, 1.807) is 0 Å². The van der Waals surface area contributed by atoms with E-state index in [1.165, 1.54) is 19.3 Å². The Morgan fingerprint density at radius 3 is 2.29 bits per heavy atom. The normalized spacial score (nSPS) is 12.7. The Morgan fingerprint density at radius 1 is 0.917 bits per heavy atom. The second-order valence-electron chi connectivity index (χ2n) is 5.63. The van der Waals surface area contributed by atoms with Gasteiger partial charge >= 0.3 is 5.97 Å². The molecule has 0 aromatic heterocycles. The van der Waals surface area contributed by atoms with Gasteiger partial charge in [-0.15, -0.1) is 0 Å². The van der Waals surface area contributed by atoms with Crippen molar-refractivity contribution in [1.29, 1.82) is 0 Å². The topological polar surface area (TPSA) is 66.8 Å². The number of hydrogen-bond donors (Lipinski definition) is 2. The zero-order valence-electron chi connectivity index (χ0n) is 14.8. The maximum atomic E-state index is 10.3. The molecule has 0 rings (SSSR count). The second kappa shape index (κ2) is 17.5. The summed E-state index contributed by atoms with van der Waals surface area (Å²) < 4.78 is 0. The molecule has 4 nitrogen and oxygen atoms in total. The van der Waals surface area contributed by atoms with Crippen molar-refractivity contribution in [1.82, 2.24) is 0 Å². The minimum absolute atomic E-state index is 0.224. The van der Waals surface area contributed by atoms with Crippen molar-refractivity contribution in [2.45, 2.75) is 71.1 Å². The van der Waals surface area contributed by atoms with Crippen LogP contribution >= 0.6 is 0 Å². The summed E-state index contributed by atoms with van der Waals surface area (Å²) >= 11 is 0. The van der Waals surface area contributed by atoms with Crippen LogP contribution in [0.5, 0.6) is 0 Å². The number of rotatable bonds is 15. The highest BCUT2D eigenvalue weighted by molar-refractivity contribution is 5.66. The molecule has 0 unspecified atom stereocenters. The van der Waals surface area contributed by atoms with Crippen molar-refractivity contribution < 1.29 is 20.0 Å². The van der Waals surface area contributed by atoms with E-state index in [2.05, 4.69) is 17.9 Å². The number of allylic oxidation sites excluding steroid dienone is 7. The highest BCUT2D eigenvalue weighted by Gasteiger charge is 1.94. The Hall–Kier alpha value is -1.81. The van der Waals surface area contributed by atoms with Crippen molar-refractivity contribution in [2.75, 3.05) is 0 Å². The summed E-state index contributed by atoms with van der Waals surface area (Å²) in [7, 11) is 0. The van der Waals surface area contributed by atoms with Crippen LogP contribution in [0, 0.1) is 0 Å². The predicted molar refractivity (Wildman–Crippen MR) is 98.7 cm³/mol. The van der Waals surface area contributed by atoms with E-state index in [0.29, 0.717) is 25.0 Å². The molecule has 0 aliphatic carbocycles. The van der Waals surface area contributed by atoms with Gasteiger partial charge in [-0.2, -0.15) is 0 Å². The molecule has 0 saturated carbocycles. The Bertz CT molecular complexity index is 419. The molecule has 4 heteroatoms. The van der Waals surface area contributed by atoms with Gasteiger partial charge in [0.05, 0.1) is 0 Å². The number of aliphatic carboxylic acids is 1. The number of unbranched alkanes of at least 4 members (excludes halogenated alkanes) is 4. The smallest absolute Gasteiger partial charge is 0.303 e. The molecule has 24 heavy (non-hydrogen) atoms. The maximum Gasteiger partial charge on any atom is 0.303 e. The Labute approximate surface area is 146 Å². The van der Waals surface area contributed by atoms with Gasteiger partial charge in [0, 0.05) is 12.8 Å². The average Bonchev–Trinajstić information content (AvgIpc) is 2.57. The third kappa shape index (κ3) is 16.6. The molecule has 0 radical (unpaired) electrons. The van der Waals surface area contributed by atoms with Crippen LogP contribution in [-0.4, -0.2) is 16.3 Å². The predicted octanol–water partition coefficient (Wildman–Crippen LogP) is 6.03. The fraction of sp³-hybridized carbons (Fsp3) is 0.550. The van der Waals surface area contributed by atoms with Gasteiger partial charge in [-0.25, -0.2) is 5.26 Å². The zero-order chi connectivity index (χ0) is 17.9. The van der Waals surface area contributed by atoms with Crippen LogP contribution in [0.3, 0.4) is 0 Å². The molecule has 0 spiro atoms. The van der Waals surface area contributed by atoms with Gasteiger partial charge in [-0.1, -0.05) is 56.2 Å². The van der Waals surface area contributed by atoms with Crippen LogP contribution in [0.15, 0.2) is 48.3 Å². The van der Waals surface area contributed by atoms with Gasteiger partial charge in [0.1, 0.15) is 5.76 Å². The van der Waals surface area contributed by atoms with E-state index in [0.717, 1.165) is 19.3 Å². The highest BCUT2D eigenvalue weighted by Crippen LogP contribution is 2.07. The monoisotopic (exact) mass is 336 g/mol. The first-order chi connectivity index (χ1) is 11.7. The minimum Gasteiger partial charge on any atom is -0.481 e. The van der Waals surface area contributed by atoms with Crippen LogP contribution in [-0.2, 0) is 9.68 Å². The number of carboxylic acid groups (broad SMARTS) is 1. The summed E-state index contributed by atoms with van der Waals surface area (Å²) in [6.07, 6.45) is 22.7.